The number of primary amides is 1. The maximum Gasteiger partial charge on any atom is 0.360 e. The molecule has 2 aromatic rings. The predicted octanol–water partition coefficient (Wildman–Crippen LogP) is 2.02. The quantitative estimate of drug-likeness (QED) is 0.401. The summed E-state index contributed by atoms with van der Waals surface area (Å²) < 4.78 is 4.75. The van der Waals surface area contributed by atoms with Gasteiger partial charge in [-0.2, -0.15) is 0 Å². The maximum absolute atomic E-state index is 12.3. The van der Waals surface area contributed by atoms with Gasteiger partial charge in [0.15, 0.2) is 11.4 Å². The molecule has 1 aliphatic rings. The SMILES string of the molecule is CCOC(=O)c1nc(C)sc1N.Cc1nc(C(=O)NC2CCCCNC2)c(NC(N)=O)s1. The smallest absolute Gasteiger partial charge is 0.360 e. The van der Waals surface area contributed by atoms with E-state index in [1.165, 1.54) is 22.7 Å². The number of rotatable bonds is 5. The van der Waals surface area contributed by atoms with Crippen LogP contribution in [0.25, 0.3) is 0 Å². The number of urea groups is 1. The van der Waals surface area contributed by atoms with Crippen molar-refractivity contribution in [1.29, 1.82) is 0 Å². The Hall–Kier alpha value is -2.77. The number of aromatic nitrogens is 2. The fourth-order valence-corrected chi connectivity index (χ4v) is 4.46. The van der Waals surface area contributed by atoms with Crippen LogP contribution in [0.1, 0.15) is 57.2 Å². The molecule has 0 saturated carbocycles. The minimum absolute atomic E-state index is 0.0911. The van der Waals surface area contributed by atoms with Gasteiger partial charge in [0, 0.05) is 12.6 Å². The summed E-state index contributed by atoms with van der Waals surface area (Å²) in [5.41, 5.74) is 11.1. The third-order valence-corrected chi connectivity index (χ3v) is 5.98. The van der Waals surface area contributed by atoms with Crippen LogP contribution in [0.3, 0.4) is 0 Å². The molecule has 3 rings (SSSR count). The average Bonchev–Trinajstić information content (AvgIpc) is 3.12. The zero-order chi connectivity index (χ0) is 23.7. The van der Waals surface area contributed by atoms with Crippen LogP contribution in [0.5, 0.6) is 0 Å². The number of nitrogen functional groups attached to an aromatic ring is 1. The predicted molar refractivity (Wildman–Crippen MR) is 125 cm³/mol. The number of nitrogens with two attached hydrogens (primary N) is 2. The van der Waals surface area contributed by atoms with E-state index in [2.05, 4.69) is 25.9 Å². The second kappa shape index (κ2) is 12.3. The number of hydrogen-bond acceptors (Lipinski definition) is 10. The molecule has 1 unspecified atom stereocenters. The normalized spacial score (nSPS) is 15.7. The number of nitrogens with one attached hydrogen (secondary N) is 3. The monoisotopic (exact) mass is 483 g/mol. The molecule has 1 saturated heterocycles. The summed E-state index contributed by atoms with van der Waals surface area (Å²) in [6, 6.07) is -0.604. The number of hydrogen-bond donors (Lipinski definition) is 5. The van der Waals surface area contributed by atoms with Crippen molar-refractivity contribution in [1.82, 2.24) is 20.6 Å². The van der Waals surface area contributed by atoms with Crippen molar-refractivity contribution in [2.45, 2.75) is 46.1 Å². The molecular formula is C19H29N7O4S2. The molecule has 13 heteroatoms. The van der Waals surface area contributed by atoms with Gasteiger partial charge in [-0.1, -0.05) is 6.42 Å². The van der Waals surface area contributed by atoms with Crippen LogP contribution in [0.4, 0.5) is 14.8 Å². The van der Waals surface area contributed by atoms with E-state index < -0.39 is 12.0 Å². The molecule has 0 aromatic carbocycles. The number of thiazole rings is 2. The molecule has 11 nitrogen and oxygen atoms in total. The van der Waals surface area contributed by atoms with Crippen molar-refractivity contribution < 1.29 is 19.1 Å². The van der Waals surface area contributed by atoms with Gasteiger partial charge in [-0.3, -0.25) is 10.1 Å². The van der Waals surface area contributed by atoms with Crippen LogP contribution in [0, 0.1) is 13.8 Å². The number of aryl methyl sites for hydroxylation is 2. The lowest BCUT2D eigenvalue weighted by molar-refractivity contribution is 0.0521. The maximum atomic E-state index is 12.3. The van der Waals surface area contributed by atoms with Gasteiger partial charge in [0.1, 0.15) is 10.0 Å². The van der Waals surface area contributed by atoms with Crippen LogP contribution in [-0.4, -0.2) is 53.6 Å². The molecule has 3 heterocycles. The third-order valence-electron chi connectivity index (χ3n) is 4.30. The van der Waals surface area contributed by atoms with Crippen LogP contribution in [-0.2, 0) is 4.74 Å². The Bertz CT molecular complexity index is 936. The highest BCUT2D eigenvalue weighted by molar-refractivity contribution is 7.16. The molecule has 1 aliphatic heterocycles. The molecule has 0 aliphatic carbocycles. The Labute approximate surface area is 194 Å². The molecule has 0 radical (unpaired) electrons. The first-order chi connectivity index (χ1) is 15.2. The van der Waals surface area contributed by atoms with Crippen LogP contribution < -0.4 is 27.4 Å². The standard InChI is InChI=1S/C12H19N5O2S.C7H10N2O2S/c1-7-15-9(11(20-7)17-12(13)19)10(18)16-8-4-2-3-5-14-6-8;1-3-11-7(10)5-6(8)12-4(2)9-5/h8,14H,2-6H2,1H3,(H,16,18)(H3,13,17,19);3,8H2,1-2H3. The Balaban J connectivity index is 0.000000258. The number of amides is 3. The average molecular weight is 484 g/mol. The zero-order valence-corrected chi connectivity index (χ0v) is 20.0. The Morgan fingerprint density at radius 2 is 1.84 bits per heavy atom. The van der Waals surface area contributed by atoms with Crippen molar-refractivity contribution in [3.63, 3.8) is 0 Å². The highest BCUT2D eigenvalue weighted by atomic mass is 32.1. The first-order valence-corrected chi connectivity index (χ1v) is 11.8. The molecule has 176 valence electrons. The van der Waals surface area contributed by atoms with Crippen LogP contribution >= 0.6 is 22.7 Å². The van der Waals surface area contributed by atoms with E-state index in [4.69, 9.17) is 16.2 Å². The highest BCUT2D eigenvalue weighted by Crippen LogP contribution is 2.24. The fraction of sp³-hybridized carbons (Fsp3) is 0.526. The van der Waals surface area contributed by atoms with Gasteiger partial charge in [-0.25, -0.2) is 19.6 Å². The van der Waals surface area contributed by atoms with Gasteiger partial charge in [0.25, 0.3) is 5.91 Å². The van der Waals surface area contributed by atoms with Crippen LogP contribution in [0.2, 0.25) is 0 Å². The van der Waals surface area contributed by atoms with E-state index in [9.17, 15) is 14.4 Å². The summed E-state index contributed by atoms with van der Waals surface area (Å²) in [6.45, 7) is 7.40. The summed E-state index contributed by atoms with van der Waals surface area (Å²) in [5.74, 6) is -0.717. The minimum atomic E-state index is -0.696. The first-order valence-electron chi connectivity index (χ1n) is 10.2. The summed E-state index contributed by atoms with van der Waals surface area (Å²) in [4.78, 5) is 42.4. The molecule has 1 atom stereocenters. The van der Waals surface area contributed by atoms with E-state index in [0.29, 0.717) is 21.6 Å². The molecule has 2 aromatic heterocycles. The highest BCUT2D eigenvalue weighted by Gasteiger charge is 2.21. The van der Waals surface area contributed by atoms with Crippen molar-refractivity contribution in [2.75, 3.05) is 30.7 Å². The number of esters is 1. The Morgan fingerprint density at radius 3 is 2.47 bits per heavy atom. The summed E-state index contributed by atoms with van der Waals surface area (Å²) in [5, 5.41) is 11.0. The lowest BCUT2D eigenvalue weighted by atomic mass is 10.1. The topological polar surface area (TPSA) is 174 Å². The van der Waals surface area contributed by atoms with E-state index in [1.54, 1.807) is 20.8 Å². The lowest BCUT2D eigenvalue weighted by Gasteiger charge is -2.15. The number of anilines is 2. The summed E-state index contributed by atoms with van der Waals surface area (Å²) in [7, 11) is 0. The van der Waals surface area contributed by atoms with Gasteiger partial charge in [0.2, 0.25) is 0 Å². The summed E-state index contributed by atoms with van der Waals surface area (Å²) >= 11 is 2.53. The third kappa shape index (κ3) is 7.73. The largest absolute Gasteiger partial charge is 0.461 e. The first kappa shape index (κ1) is 25.5. The van der Waals surface area contributed by atoms with Crippen molar-refractivity contribution in [2.24, 2.45) is 5.73 Å². The molecule has 3 amide bonds. The van der Waals surface area contributed by atoms with Gasteiger partial charge < -0.3 is 26.8 Å². The van der Waals surface area contributed by atoms with Gasteiger partial charge in [0.05, 0.1) is 16.6 Å². The van der Waals surface area contributed by atoms with Crippen molar-refractivity contribution in [3.05, 3.63) is 21.4 Å². The fourth-order valence-electron chi connectivity index (χ4n) is 2.96. The molecule has 0 spiro atoms. The van der Waals surface area contributed by atoms with E-state index in [1.807, 2.05) is 0 Å². The molecule has 1 fully saturated rings. The van der Waals surface area contributed by atoms with Crippen molar-refractivity contribution >= 4 is 50.6 Å². The minimum Gasteiger partial charge on any atom is -0.461 e. The number of nitrogens with zero attached hydrogens (tertiary/aromatic N) is 2. The molecule has 7 N–H and O–H groups in total. The van der Waals surface area contributed by atoms with E-state index >= 15 is 0 Å². The second-order valence-electron chi connectivity index (χ2n) is 6.94. The van der Waals surface area contributed by atoms with E-state index in [-0.39, 0.29) is 23.3 Å². The zero-order valence-electron chi connectivity index (χ0n) is 18.3. The Morgan fingerprint density at radius 1 is 1.16 bits per heavy atom. The van der Waals surface area contributed by atoms with Gasteiger partial charge in [-0.05, 0) is 40.2 Å². The second-order valence-corrected chi connectivity index (χ2v) is 9.37. The molecule has 32 heavy (non-hydrogen) atoms. The molecule has 0 bridgehead atoms. The lowest BCUT2D eigenvalue weighted by Crippen LogP contribution is -2.41. The van der Waals surface area contributed by atoms with Gasteiger partial charge in [-0.15, -0.1) is 22.7 Å². The van der Waals surface area contributed by atoms with Gasteiger partial charge >= 0.3 is 12.0 Å². The molecular weight excluding hydrogens is 454 g/mol. The number of carbonyl (C=O) groups is 3. The van der Waals surface area contributed by atoms with Crippen LogP contribution in [0.15, 0.2) is 0 Å². The Kier molecular flexibility index (Phi) is 9.81. The summed E-state index contributed by atoms with van der Waals surface area (Å²) in [6.07, 6.45) is 3.15. The number of carbonyl (C=O) groups excluding carboxylic acids is 3. The number of ether oxygens (including phenoxy) is 1. The van der Waals surface area contributed by atoms with Crippen molar-refractivity contribution in [3.8, 4) is 0 Å². The van der Waals surface area contributed by atoms with E-state index in [0.717, 1.165) is 37.4 Å².